The first-order valence-corrected chi connectivity index (χ1v) is 8.15. The molecule has 110 valence electrons. The Morgan fingerprint density at radius 2 is 1.81 bits per heavy atom. The number of anilines is 1. The van der Waals surface area contributed by atoms with Crippen molar-refractivity contribution in [1.82, 2.24) is 0 Å². The van der Waals surface area contributed by atoms with Crippen LogP contribution >= 0.6 is 0 Å². The monoisotopic (exact) mass is 279 g/mol. The summed E-state index contributed by atoms with van der Waals surface area (Å²) in [6.45, 7) is 5.51. The first kappa shape index (κ1) is 14.2. The minimum absolute atomic E-state index is 0.601. The molecule has 0 aliphatic heterocycles. The van der Waals surface area contributed by atoms with Gasteiger partial charge in [-0.05, 0) is 54.0 Å². The molecule has 3 rings (SSSR count). The molecule has 0 radical (unpaired) electrons. The van der Waals surface area contributed by atoms with E-state index in [0.29, 0.717) is 11.8 Å². The number of hydrogen-bond donors (Lipinski definition) is 1. The van der Waals surface area contributed by atoms with Crippen LogP contribution in [0.3, 0.4) is 0 Å². The third-order valence-corrected chi connectivity index (χ3v) is 4.62. The molecule has 2 aromatic carbocycles. The lowest BCUT2D eigenvalue weighted by Gasteiger charge is -2.26. The maximum Gasteiger partial charge on any atom is 0.0340 e. The molecule has 1 atom stereocenters. The highest BCUT2D eigenvalue weighted by atomic mass is 14.9. The molecule has 1 heteroatoms. The smallest absolute Gasteiger partial charge is 0.0340 e. The van der Waals surface area contributed by atoms with E-state index in [1.54, 1.807) is 11.1 Å². The molecule has 1 aliphatic carbocycles. The van der Waals surface area contributed by atoms with Gasteiger partial charge >= 0.3 is 0 Å². The lowest BCUT2D eigenvalue weighted by Crippen LogP contribution is -2.18. The molecule has 21 heavy (non-hydrogen) atoms. The zero-order valence-corrected chi connectivity index (χ0v) is 13.1. The van der Waals surface area contributed by atoms with Crippen molar-refractivity contribution in [2.45, 2.75) is 44.9 Å². The Morgan fingerprint density at radius 3 is 2.57 bits per heavy atom. The Balaban J connectivity index is 1.66. The maximum absolute atomic E-state index is 3.62. The van der Waals surface area contributed by atoms with Gasteiger partial charge in [0, 0.05) is 18.2 Å². The third kappa shape index (κ3) is 3.29. The van der Waals surface area contributed by atoms with Crippen LogP contribution in [-0.4, -0.2) is 6.54 Å². The van der Waals surface area contributed by atoms with Gasteiger partial charge in [-0.2, -0.15) is 0 Å². The summed E-state index contributed by atoms with van der Waals surface area (Å²) in [5, 5.41) is 3.62. The van der Waals surface area contributed by atoms with Gasteiger partial charge in [0.2, 0.25) is 0 Å². The van der Waals surface area contributed by atoms with Gasteiger partial charge < -0.3 is 5.32 Å². The van der Waals surface area contributed by atoms with Crippen molar-refractivity contribution in [1.29, 1.82) is 0 Å². The Hall–Kier alpha value is -1.76. The average molecular weight is 279 g/mol. The summed E-state index contributed by atoms with van der Waals surface area (Å²) in [5.74, 6) is 1.25. The predicted molar refractivity (Wildman–Crippen MR) is 91.1 cm³/mol. The fourth-order valence-electron chi connectivity index (χ4n) is 3.29. The predicted octanol–water partition coefficient (Wildman–Crippen LogP) is 5.34. The summed E-state index contributed by atoms with van der Waals surface area (Å²) in [5.41, 5.74) is 5.74. The number of aryl methyl sites for hydroxylation is 1. The van der Waals surface area contributed by atoms with Crippen LogP contribution in [0.25, 0.3) is 0 Å². The first-order valence-electron chi connectivity index (χ1n) is 8.15. The molecule has 0 saturated heterocycles. The van der Waals surface area contributed by atoms with Gasteiger partial charge in [-0.1, -0.05) is 50.2 Å². The highest BCUT2D eigenvalue weighted by Crippen LogP contribution is 2.31. The van der Waals surface area contributed by atoms with Crippen molar-refractivity contribution in [3.63, 3.8) is 0 Å². The molecule has 1 nitrogen and oxygen atoms in total. The molecule has 2 aromatic rings. The Bertz CT molecular complexity index is 583. The molecule has 0 bridgehead atoms. The average Bonchev–Trinajstić information content (AvgIpc) is 2.53. The lowest BCUT2D eigenvalue weighted by molar-refractivity contribution is 0.572. The van der Waals surface area contributed by atoms with E-state index in [1.807, 2.05) is 0 Å². The number of rotatable bonds is 4. The summed E-state index contributed by atoms with van der Waals surface area (Å²) in [4.78, 5) is 0. The highest BCUT2D eigenvalue weighted by molar-refractivity contribution is 5.46. The first-order chi connectivity index (χ1) is 10.2. The quantitative estimate of drug-likeness (QED) is 0.796. The van der Waals surface area contributed by atoms with Crippen molar-refractivity contribution in [2.75, 3.05) is 11.9 Å². The van der Waals surface area contributed by atoms with Gasteiger partial charge in [-0.15, -0.1) is 0 Å². The molecular formula is C20H25N. The summed E-state index contributed by atoms with van der Waals surface area (Å²) in [7, 11) is 0. The van der Waals surface area contributed by atoms with E-state index in [2.05, 4.69) is 67.7 Å². The van der Waals surface area contributed by atoms with Crippen molar-refractivity contribution >= 4 is 5.69 Å². The Morgan fingerprint density at radius 1 is 1.05 bits per heavy atom. The third-order valence-electron chi connectivity index (χ3n) is 4.62. The van der Waals surface area contributed by atoms with E-state index in [9.17, 15) is 0 Å². The molecule has 1 unspecified atom stereocenters. The van der Waals surface area contributed by atoms with Crippen molar-refractivity contribution in [3.05, 3.63) is 65.2 Å². The molecule has 1 N–H and O–H groups in total. The second kappa shape index (κ2) is 6.34. The fourth-order valence-corrected chi connectivity index (χ4v) is 3.29. The van der Waals surface area contributed by atoms with Crippen LogP contribution in [0.5, 0.6) is 0 Å². The van der Waals surface area contributed by atoms with E-state index >= 15 is 0 Å². The molecular weight excluding hydrogens is 254 g/mol. The number of fused-ring (bicyclic) bond motifs is 1. The summed E-state index contributed by atoms with van der Waals surface area (Å²) in [6.07, 6.45) is 3.86. The van der Waals surface area contributed by atoms with Crippen molar-refractivity contribution in [2.24, 2.45) is 0 Å². The molecule has 0 heterocycles. The molecule has 1 aliphatic rings. The van der Waals surface area contributed by atoms with Crippen LogP contribution in [0.4, 0.5) is 5.69 Å². The van der Waals surface area contributed by atoms with Crippen LogP contribution in [-0.2, 0) is 6.42 Å². The fraction of sp³-hybridized carbons (Fsp3) is 0.400. The number of hydrogen-bond acceptors (Lipinski definition) is 1. The number of benzene rings is 2. The van der Waals surface area contributed by atoms with E-state index < -0.39 is 0 Å². The van der Waals surface area contributed by atoms with Crippen LogP contribution < -0.4 is 5.32 Å². The summed E-state index contributed by atoms with van der Waals surface area (Å²) < 4.78 is 0. The minimum atomic E-state index is 0.601. The van der Waals surface area contributed by atoms with Gasteiger partial charge in [0.15, 0.2) is 0 Å². The lowest BCUT2D eigenvalue weighted by atomic mass is 9.83. The van der Waals surface area contributed by atoms with Crippen molar-refractivity contribution in [3.8, 4) is 0 Å². The highest BCUT2D eigenvalue weighted by Gasteiger charge is 2.19. The van der Waals surface area contributed by atoms with E-state index in [4.69, 9.17) is 0 Å². The van der Waals surface area contributed by atoms with E-state index in [-0.39, 0.29) is 0 Å². The number of nitrogens with one attached hydrogen (secondary N) is 1. The minimum Gasteiger partial charge on any atom is -0.384 e. The van der Waals surface area contributed by atoms with Gasteiger partial charge in [0.1, 0.15) is 0 Å². The van der Waals surface area contributed by atoms with Gasteiger partial charge in [-0.25, -0.2) is 0 Å². The Labute approximate surface area is 128 Å². The topological polar surface area (TPSA) is 12.0 Å². The van der Waals surface area contributed by atoms with Crippen LogP contribution in [0.1, 0.15) is 55.2 Å². The van der Waals surface area contributed by atoms with Crippen LogP contribution in [0.2, 0.25) is 0 Å². The van der Waals surface area contributed by atoms with Gasteiger partial charge in [0.05, 0.1) is 0 Å². The summed E-state index contributed by atoms with van der Waals surface area (Å²) in [6, 6.07) is 17.8. The normalized spacial score (nSPS) is 17.6. The maximum atomic E-state index is 3.62. The SMILES string of the molecule is CC(C)c1ccc(NCC2CCCc3ccccc32)cc1. The molecule has 0 spiro atoms. The molecule has 0 amide bonds. The van der Waals surface area contributed by atoms with E-state index in [1.165, 1.54) is 30.5 Å². The zero-order chi connectivity index (χ0) is 14.7. The summed E-state index contributed by atoms with van der Waals surface area (Å²) >= 11 is 0. The Kier molecular flexibility index (Phi) is 4.28. The molecule has 0 fully saturated rings. The molecule has 0 aromatic heterocycles. The van der Waals surface area contributed by atoms with Crippen LogP contribution in [0.15, 0.2) is 48.5 Å². The largest absolute Gasteiger partial charge is 0.384 e. The zero-order valence-electron chi connectivity index (χ0n) is 13.1. The second-order valence-corrected chi connectivity index (χ2v) is 6.45. The van der Waals surface area contributed by atoms with Gasteiger partial charge in [-0.3, -0.25) is 0 Å². The standard InChI is InChI=1S/C20H25N/c1-15(2)16-10-12-19(13-11-16)21-14-18-8-5-7-17-6-3-4-9-20(17)18/h3-4,6,9-13,15,18,21H,5,7-8,14H2,1-2H3. The second-order valence-electron chi connectivity index (χ2n) is 6.45. The van der Waals surface area contributed by atoms with Crippen LogP contribution in [0, 0.1) is 0 Å². The van der Waals surface area contributed by atoms with Gasteiger partial charge in [0.25, 0.3) is 0 Å². The van der Waals surface area contributed by atoms with E-state index in [0.717, 1.165) is 6.54 Å². The van der Waals surface area contributed by atoms with Crippen molar-refractivity contribution < 1.29 is 0 Å². The molecule has 0 saturated carbocycles.